The average Bonchev–Trinajstić information content (AvgIpc) is 3.38. The van der Waals surface area contributed by atoms with Gasteiger partial charge in [-0.2, -0.15) is 0 Å². The Morgan fingerprint density at radius 1 is 1.12 bits per heavy atom. The number of alkyl halides is 3. The van der Waals surface area contributed by atoms with Crippen molar-refractivity contribution in [3.63, 3.8) is 0 Å². The molecule has 2 unspecified atom stereocenters. The lowest BCUT2D eigenvalue weighted by Gasteiger charge is -2.34. The van der Waals surface area contributed by atoms with Crippen LogP contribution in [0.5, 0.6) is 5.75 Å². The molecule has 0 spiro atoms. The van der Waals surface area contributed by atoms with Crippen molar-refractivity contribution in [3.8, 4) is 5.75 Å². The number of hydrogen-bond donors (Lipinski definition) is 1. The zero-order valence-corrected chi connectivity index (χ0v) is 24.7. The number of ether oxygens (including phenoxy) is 1. The fourth-order valence-corrected chi connectivity index (χ4v) is 5.21. The smallest absolute Gasteiger partial charge is 0.262 e. The summed E-state index contributed by atoms with van der Waals surface area (Å²) >= 11 is 0. The van der Waals surface area contributed by atoms with Crippen LogP contribution in [0.25, 0.3) is 0 Å². The molecule has 1 N–H and O–H groups in total. The molecule has 1 fully saturated rings. The highest BCUT2D eigenvalue weighted by atomic mass is 19.3. The molecule has 220 valence electrons. The summed E-state index contributed by atoms with van der Waals surface area (Å²) in [6.45, 7) is 14.7. The number of aryl methyl sites for hydroxylation is 1. The van der Waals surface area contributed by atoms with Gasteiger partial charge in [0.25, 0.3) is 11.8 Å². The molecule has 3 rings (SSSR count). The van der Waals surface area contributed by atoms with Crippen molar-refractivity contribution in [2.75, 3.05) is 37.7 Å². The normalized spacial score (nSPS) is 16.5. The molecule has 1 aliphatic rings. The van der Waals surface area contributed by atoms with Gasteiger partial charge in [-0.05, 0) is 88.5 Å². The molecule has 1 aliphatic heterocycles. The Morgan fingerprint density at radius 3 is 2.33 bits per heavy atom. The zero-order valence-electron chi connectivity index (χ0n) is 24.7. The predicted molar refractivity (Wildman–Crippen MR) is 156 cm³/mol. The zero-order chi connectivity index (χ0) is 29.7. The first-order valence-corrected chi connectivity index (χ1v) is 14.1. The summed E-state index contributed by atoms with van der Waals surface area (Å²) in [5.74, 6) is -2.94. The summed E-state index contributed by atoms with van der Waals surface area (Å²) in [5.41, 5.74) is 2.16. The number of carbonyl (C=O) groups is 1. The van der Waals surface area contributed by atoms with Gasteiger partial charge in [0.2, 0.25) is 0 Å². The maximum atomic E-state index is 14.4. The lowest BCUT2D eigenvalue weighted by atomic mass is 9.95. The van der Waals surface area contributed by atoms with Crippen LogP contribution in [-0.2, 0) is 0 Å². The number of hydrogen-bond acceptors (Lipinski definition) is 4. The number of anilines is 1. The van der Waals surface area contributed by atoms with Gasteiger partial charge < -0.3 is 19.9 Å². The molecule has 0 aromatic heterocycles. The Labute approximate surface area is 237 Å². The maximum absolute atomic E-state index is 14.4. The average molecular weight is 560 g/mol. The molecule has 0 radical (unpaired) electrons. The second kappa shape index (κ2) is 13.1. The summed E-state index contributed by atoms with van der Waals surface area (Å²) in [5, 5.41) is 3.55. The van der Waals surface area contributed by atoms with Gasteiger partial charge in [0.15, 0.2) is 0 Å². The van der Waals surface area contributed by atoms with Gasteiger partial charge in [-0.3, -0.25) is 4.79 Å². The lowest BCUT2D eigenvalue weighted by Crippen LogP contribution is -2.45. The van der Waals surface area contributed by atoms with E-state index in [1.807, 2.05) is 44.2 Å². The molecule has 2 atom stereocenters. The maximum Gasteiger partial charge on any atom is 0.262 e. The van der Waals surface area contributed by atoms with Crippen molar-refractivity contribution in [1.29, 1.82) is 0 Å². The Kier molecular flexibility index (Phi) is 10.3. The fraction of sp³-hybridized carbons (Fsp3) is 0.531. The standard InChI is InChI=1S/C32H44F3N3O2/c1-8-40-28-14-11-25(12-15-28)23(3)24(4)38(19-27-10-9-17-36-27)29-16-13-26(18-22(29)2)30(39)37(20-31(5,6)33)21-32(7,34)35/h11-16,18,23,27,36H,4,8-10,17,19-21H2,1-3,5-7H3. The topological polar surface area (TPSA) is 44.8 Å². The Hall–Kier alpha value is -3.00. The molecule has 0 saturated carbocycles. The molecular formula is C32H44F3N3O2. The summed E-state index contributed by atoms with van der Waals surface area (Å²) in [6, 6.07) is 13.5. The molecule has 1 saturated heterocycles. The summed E-state index contributed by atoms with van der Waals surface area (Å²) in [7, 11) is 0. The van der Waals surface area contributed by atoms with E-state index in [1.54, 1.807) is 12.1 Å². The van der Waals surface area contributed by atoms with Crippen molar-refractivity contribution in [1.82, 2.24) is 10.2 Å². The fourth-order valence-electron chi connectivity index (χ4n) is 5.21. The SMILES string of the molecule is C=C(C(C)c1ccc(OCC)cc1)N(CC1CCCN1)c1ccc(C(=O)N(CC(C)(C)F)CC(C)(F)F)cc1C. The molecule has 40 heavy (non-hydrogen) atoms. The van der Waals surface area contributed by atoms with Crippen molar-refractivity contribution >= 4 is 11.6 Å². The van der Waals surface area contributed by atoms with E-state index in [9.17, 15) is 18.0 Å². The number of amides is 1. The van der Waals surface area contributed by atoms with Gasteiger partial charge in [-0.25, -0.2) is 13.2 Å². The van der Waals surface area contributed by atoms with Crippen LogP contribution in [0.2, 0.25) is 0 Å². The number of carbonyl (C=O) groups excluding carboxylic acids is 1. The minimum absolute atomic E-state index is 0.00634. The van der Waals surface area contributed by atoms with Gasteiger partial charge in [0.05, 0.1) is 19.7 Å². The largest absolute Gasteiger partial charge is 0.494 e. The molecule has 1 heterocycles. The van der Waals surface area contributed by atoms with E-state index in [4.69, 9.17) is 4.74 Å². The van der Waals surface area contributed by atoms with Crippen LogP contribution < -0.4 is 15.0 Å². The first kappa shape index (κ1) is 31.5. The van der Waals surface area contributed by atoms with E-state index in [2.05, 4.69) is 23.7 Å². The summed E-state index contributed by atoms with van der Waals surface area (Å²) < 4.78 is 47.8. The third-order valence-corrected chi connectivity index (χ3v) is 7.16. The van der Waals surface area contributed by atoms with Crippen LogP contribution in [0, 0.1) is 6.92 Å². The van der Waals surface area contributed by atoms with E-state index in [0.717, 1.165) is 59.5 Å². The van der Waals surface area contributed by atoms with Crippen molar-refractivity contribution < 1.29 is 22.7 Å². The second-order valence-electron chi connectivity index (χ2n) is 11.6. The molecule has 8 heteroatoms. The molecule has 0 aliphatic carbocycles. The van der Waals surface area contributed by atoms with Crippen LogP contribution >= 0.6 is 0 Å². The first-order valence-electron chi connectivity index (χ1n) is 14.1. The summed E-state index contributed by atoms with van der Waals surface area (Å²) in [4.78, 5) is 16.4. The lowest BCUT2D eigenvalue weighted by molar-refractivity contribution is -0.0200. The van der Waals surface area contributed by atoms with E-state index >= 15 is 0 Å². The van der Waals surface area contributed by atoms with Crippen LogP contribution in [0.4, 0.5) is 18.9 Å². The number of nitrogens with zero attached hydrogens (tertiary/aromatic N) is 2. The third-order valence-electron chi connectivity index (χ3n) is 7.16. The minimum atomic E-state index is -3.14. The predicted octanol–water partition coefficient (Wildman–Crippen LogP) is 7.12. The van der Waals surface area contributed by atoms with E-state index in [1.165, 1.54) is 13.8 Å². The molecule has 5 nitrogen and oxygen atoms in total. The minimum Gasteiger partial charge on any atom is -0.494 e. The molecule has 1 amide bonds. The number of rotatable bonds is 13. The van der Waals surface area contributed by atoms with E-state index < -0.39 is 30.6 Å². The van der Waals surface area contributed by atoms with Gasteiger partial charge in [-0.15, -0.1) is 0 Å². The van der Waals surface area contributed by atoms with E-state index in [0.29, 0.717) is 19.2 Å². The Balaban J connectivity index is 1.91. The van der Waals surface area contributed by atoms with Crippen molar-refractivity contribution in [2.24, 2.45) is 0 Å². The van der Waals surface area contributed by atoms with Crippen LogP contribution in [0.1, 0.15) is 74.9 Å². The van der Waals surface area contributed by atoms with Crippen molar-refractivity contribution in [3.05, 3.63) is 71.4 Å². The van der Waals surface area contributed by atoms with Gasteiger partial charge in [0.1, 0.15) is 11.4 Å². The Bertz CT molecular complexity index is 1130. The van der Waals surface area contributed by atoms with E-state index in [-0.39, 0.29) is 11.5 Å². The van der Waals surface area contributed by atoms with Crippen LogP contribution in [-0.4, -0.2) is 61.2 Å². The summed E-state index contributed by atoms with van der Waals surface area (Å²) in [6.07, 6.45) is 2.16. The number of nitrogens with one attached hydrogen (secondary N) is 1. The second-order valence-corrected chi connectivity index (χ2v) is 11.6. The number of halogens is 3. The van der Waals surface area contributed by atoms with Crippen molar-refractivity contribution in [2.45, 2.75) is 77.9 Å². The van der Waals surface area contributed by atoms with Crippen LogP contribution in [0.3, 0.4) is 0 Å². The molecular weight excluding hydrogens is 515 g/mol. The van der Waals surface area contributed by atoms with Gasteiger partial charge in [-0.1, -0.05) is 25.6 Å². The highest BCUT2D eigenvalue weighted by Crippen LogP contribution is 2.34. The quantitative estimate of drug-likeness (QED) is 0.284. The van der Waals surface area contributed by atoms with Gasteiger partial charge >= 0.3 is 0 Å². The molecule has 2 aromatic rings. The monoisotopic (exact) mass is 559 g/mol. The number of allylic oxidation sites excluding steroid dienone is 1. The van der Waals surface area contributed by atoms with Gasteiger partial charge in [0, 0.05) is 42.4 Å². The molecule has 0 bridgehead atoms. The molecule has 2 aromatic carbocycles. The Morgan fingerprint density at radius 2 is 1.80 bits per heavy atom. The number of benzene rings is 2. The van der Waals surface area contributed by atoms with Crippen LogP contribution in [0.15, 0.2) is 54.7 Å². The highest BCUT2D eigenvalue weighted by molar-refractivity contribution is 5.95. The first-order chi connectivity index (χ1) is 18.7. The third kappa shape index (κ3) is 8.75. The highest BCUT2D eigenvalue weighted by Gasteiger charge is 2.33.